The first-order valence-electron chi connectivity index (χ1n) is 4.28. The van der Waals surface area contributed by atoms with Crippen LogP contribution in [0.15, 0.2) is 24.3 Å². The zero-order valence-electron chi connectivity index (χ0n) is 8.81. The highest BCUT2D eigenvalue weighted by molar-refractivity contribution is 7.90. The van der Waals surface area contributed by atoms with E-state index in [1.807, 2.05) is 0 Å². The van der Waals surface area contributed by atoms with E-state index in [0.29, 0.717) is 0 Å². The van der Waals surface area contributed by atoms with Crippen LogP contribution in [0.1, 0.15) is 0 Å². The Balaban J connectivity index is 3.17. The summed E-state index contributed by atoms with van der Waals surface area (Å²) in [6.07, 6.45) is 0. The predicted molar refractivity (Wildman–Crippen MR) is 57.4 cm³/mol. The van der Waals surface area contributed by atoms with Gasteiger partial charge in [-0.05, 0) is 12.1 Å². The van der Waals surface area contributed by atoms with Gasteiger partial charge in [-0.3, -0.25) is 4.31 Å². The van der Waals surface area contributed by atoms with Gasteiger partial charge in [0.15, 0.2) is 0 Å². The summed E-state index contributed by atoms with van der Waals surface area (Å²) in [7, 11) is 0.478. The molecule has 0 atom stereocenters. The van der Waals surface area contributed by atoms with Gasteiger partial charge in [-0.2, -0.15) is 12.7 Å². The van der Waals surface area contributed by atoms with Gasteiger partial charge in [0.2, 0.25) is 0 Å². The Bertz CT molecular complexity index is 445. The molecule has 0 saturated carbocycles. The molecule has 1 rings (SSSR count). The van der Waals surface area contributed by atoms with Gasteiger partial charge in [0.1, 0.15) is 5.82 Å². The van der Waals surface area contributed by atoms with Crippen LogP contribution in [-0.4, -0.2) is 33.9 Å². The maximum absolute atomic E-state index is 13.3. The summed E-state index contributed by atoms with van der Waals surface area (Å²) < 4.78 is 38.6. The fourth-order valence-corrected chi connectivity index (χ4v) is 1.96. The van der Waals surface area contributed by atoms with Gasteiger partial charge in [-0.25, -0.2) is 4.39 Å². The van der Waals surface area contributed by atoms with Crippen molar-refractivity contribution in [1.29, 1.82) is 0 Å². The Hall–Kier alpha value is -1.14. The molecule has 0 radical (unpaired) electrons. The van der Waals surface area contributed by atoms with E-state index in [9.17, 15) is 12.8 Å². The number of hydrogen-bond acceptors (Lipinski definition) is 2. The molecule has 0 fully saturated rings. The summed E-state index contributed by atoms with van der Waals surface area (Å²) in [6.45, 7) is 0. The molecule has 1 aromatic rings. The molecule has 1 aromatic carbocycles. The molecule has 6 heteroatoms. The molecule has 15 heavy (non-hydrogen) atoms. The van der Waals surface area contributed by atoms with Crippen LogP contribution < -0.4 is 4.31 Å². The monoisotopic (exact) mass is 232 g/mol. The third-order valence-electron chi connectivity index (χ3n) is 2.00. The smallest absolute Gasteiger partial charge is 0.258 e. The Kier molecular flexibility index (Phi) is 3.31. The molecule has 0 bridgehead atoms. The molecule has 0 saturated heterocycles. The van der Waals surface area contributed by atoms with Crippen molar-refractivity contribution in [2.45, 2.75) is 0 Å². The van der Waals surface area contributed by atoms with E-state index in [0.717, 1.165) is 8.61 Å². The summed E-state index contributed by atoms with van der Waals surface area (Å²) in [6, 6.07) is 5.72. The highest BCUT2D eigenvalue weighted by Crippen LogP contribution is 2.20. The maximum Gasteiger partial charge on any atom is 0.303 e. The summed E-state index contributed by atoms with van der Waals surface area (Å²) in [5.74, 6) is -0.564. The Labute approximate surface area is 89.1 Å². The highest BCUT2D eigenvalue weighted by Gasteiger charge is 2.22. The molecule has 0 amide bonds. The fraction of sp³-hybridized carbons (Fsp3) is 0.333. The van der Waals surface area contributed by atoms with E-state index >= 15 is 0 Å². The van der Waals surface area contributed by atoms with Crippen molar-refractivity contribution >= 4 is 15.9 Å². The lowest BCUT2D eigenvalue weighted by Gasteiger charge is -2.23. The zero-order chi connectivity index (χ0) is 11.6. The zero-order valence-corrected chi connectivity index (χ0v) is 9.62. The maximum atomic E-state index is 13.3. The Morgan fingerprint density at radius 2 is 1.67 bits per heavy atom. The molecule has 0 aliphatic carbocycles. The van der Waals surface area contributed by atoms with Gasteiger partial charge in [0.05, 0.1) is 5.69 Å². The van der Waals surface area contributed by atoms with Crippen LogP contribution in [0, 0.1) is 5.82 Å². The number of halogens is 1. The van der Waals surface area contributed by atoms with Crippen LogP contribution >= 0.6 is 0 Å². The number of rotatable bonds is 3. The predicted octanol–water partition coefficient (Wildman–Crippen LogP) is 1.07. The van der Waals surface area contributed by atoms with Crippen LogP contribution in [0.3, 0.4) is 0 Å². The first-order valence-corrected chi connectivity index (χ1v) is 5.68. The van der Waals surface area contributed by atoms with E-state index in [1.54, 1.807) is 6.07 Å². The van der Waals surface area contributed by atoms with Crippen LogP contribution in [0.4, 0.5) is 10.1 Å². The Morgan fingerprint density at radius 3 is 2.13 bits per heavy atom. The molecule has 0 spiro atoms. The van der Waals surface area contributed by atoms with Crippen LogP contribution in [0.25, 0.3) is 0 Å². The molecule has 84 valence electrons. The van der Waals surface area contributed by atoms with Gasteiger partial charge in [-0.1, -0.05) is 12.1 Å². The molecule has 0 aliphatic rings. The van der Waals surface area contributed by atoms with Gasteiger partial charge in [-0.15, -0.1) is 0 Å². The van der Waals surface area contributed by atoms with E-state index in [2.05, 4.69) is 0 Å². The second-order valence-corrected chi connectivity index (χ2v) is 5.38. The van der Waals surface area contributed by atoms with E-state index in [4.69, 9.17) is 0 Å². The van der Waals surface area contributed by atoms with Crippen molar-refractivity contribution in [3.05, 3.63) is 30.1 Å². The third-order valence-corrected chi connectivity index (χ3v) is 3.81. The minimum atomic E-state index is -3.63. The average molecular weight is 232 g/mol. The lowest BCUT2D eigenvalue weighted by atomic mass is 10.3. The highest BCUT2D eigenvalue weighted by atomic mass is 32.2. The van der Waals surface area contributed by atoms with Crippen molar-refractivity contribution in [1.82, 2.24) is 4.31 Å². The van der Waals surface area contributed by atoms with Gasteiger partial charge >= 0.3 is 10.2 Å². The minimum Gasteiger partial charge on any atom is -0.258 e. The number of para-hydroxylation sites is 1. The SMILES string of the molecule is CN(C)S(=O)(=O)N(C)c1ccccc1F. The number of hydrogen-bond donors (Lipinski definition) is 0. The van der Waals surface area contributed by atoms with Gasteiger partial charge < -0.3 is 0 Å². The van der Waals surface area contributed by atoms with Crippen molar-refractivity contribution in [2.75, 3.05) is 25.4 Å². The molecule has 0 N–H and O–H groups in total. The number of nitrogens with zero attached hydrogens (tertiary/aromatic N) is 2. The molecule has 4 nitrogen and oxygen atoms in total. The summed E-state index contributed by atoms with van der Waals surface area (Å²) in [5.41, 5.74) is 0.0335. The largest absolute Gasteiger partial charge is 0.303 e. The van der Waals surface area contributed by atoms with Gasteiger partial charge in [0.25, 0.3) is 0 Å². The molecular formula is C9H13FN2O2S. The average Bonchev–Trinajstić information content (AvgIpc) is 2.17. The second-order valence-electron chi connectivity index (χ2n) is 3.21. The molecule has 0 aromatic heterocycles. The fourth-order valence-electron chi connectivity index (χ4n) is 1.08. The van der Waals surface area contributed by atoms with Crippen LogP contribution in [0.2, 0.25) is 0 Å². The molecule has 0 aliphatic heterocycles. The van der Waals surface area contributed by atoms with E-state index in [1.165, 1.54) is 39.3 Å². The minimum absolute atomic E-state index is 0.0335. The van der Waals surface area contributed by atoms with Crippen molar-refractivity contribution < 1.29 is 12.8 Å². The van der Waals surface area contributed by atoms with E-state index < -0.39 is 16.0 Å². The lowest BCUT2D eigenvalue weighted by Crippen LogP contribution is -2.37. The van der Waals surface area contributed by atoms with Crippen LogP contribution in [0.5, 0.6) is 0 Å². The normalized spacial score (nSPS) is 11.8. The van der Waals surface area contributed by atoms with E-state index in [-0.39, 0.29) is 5.69 Å². The van der Waals surface area contributed by atoms with Gasteiger partial charge in [0, 0.05) is 21.1 Å². The lowest BCUT2D eigenvalue weighted by molar-refractivity contribution is 0.517. The molecule has 0 unspecified atom stereocenters. The summed E-state index contributed by atoms with van der Waals surface area (Å²) in [4.78, 5) is 0. The standard InChI is InChI=1S/C9H13FN2O2S/c1-11(2)15(13,14)12(3)9-7-5-4-6-8(9)10/h4-7H,1-3H3. The number of anilines is 1. The second kappa shape index (κ2) is 4.16. The summed E-state index contributed by atoms with van der Waals surface area (Å²) in [5, 5.41) is 0. The van der Waals surface area contributed by atoms with Crippen molar-refractivity contribution in [3.63, 3.8) is 0 Å². The topological polar surface area (TPSA) is 40.6 Å². The summed E-state index contributed by atoms with van der Waals surface area (Å²) >= 11 is 0. The Morgan fingerprint density at radius 1 is 1.13 bits per heavy atom. The molecular weight excluding hydrogens is 219 g/mol. The molecule has 0 heterocycles. The quantitative estimate of drug-likeness (QED) is 0.782. The van der Waals surface area contributed by atoms with Crippen molar-refractivity contribution in [2.24, 2.45) is 0 Å². The first-order chi connectivity index (χ1) is 6.87. The first kappa shape index (κ1) is 11.9. The van der Waals surface area contributed by atoms with Crippen LogP contribution in [-0.2, 0) is 10.2 Å². The van der Waals surface area contributed by atoms with Crippen molar-refractivity contribution in [3.8, 4) is 0 Å². The third kappa shape index (κ3) is 2.27. The number of benzene rings is 1.